The highest BCUT2D eigenvalue weighted by Crippen LogP contribution is 2.48. The number of aryl methyl sites for hydroxylation is 1. The lowest BCUT2D eigenvalue weighted by Crippen LogP contribution is -2.63. The van der Waals surface area contributed by atoms with Crippen molar-refractivity contribution in [2.24, 2.45) is 0 Å². The molecule has 0 amide bonds. The van der Waals surface area contributed by atoms with Crippen molar-refractivity contribution in [1.82, 2.24) is 0 Å². The van der Waals surface area contributed by atoms with E-state index in [1.54, 1.807) is 12.1 Å². The Morgan fingerprint density at radius 3 is 2.38 bits per heavy atom. The van der Waals surface area contributed by atoms with Crippen molar-refractivity contribution in [3.8, 4) is 0 Å². The summed E-state index contributed by atoms with van der Waals surface area (Å²) < 4.78 is 53.8. The molecule has 2 aromatic carbocycles. The third-order valence-electron chi connectivity index (χ3n) is 6.31. The molecule has 0 saturated carbocycles. The molecule has 4 rings (SSSR count). The first-order chi connectivity index (χ1) is 16.1. The maximum absolute atomic E-state index is 12.5. The molecule has 0 aliphatic carbocycles. The summed E-state index contributed by atoms with van der Waals surface area (Å²) in [5, 5.41) is 32.1. The van der Waals surface area contributed by atoms with Crippen molar-refractivity contribution < 1.29 is 42.7 Å². The van der Waals surface area contributed by atoms with Crippen LogP contribution in [-0.2, 0) is 39.4 Å². The number of halogens is 4. The van der Waals surface area contributed by atoms with Gasteiger partial charge in [0.2, 0.25) is 5.79 Å². The molecule has 0 aromatic heterocycles. The minimum absolute atomic E-state index is 0.00568. The van der Waals surface area contributed by atoms with E-state index in [0.717, 1.165) is 17.5 Å². The van der Waals surface area contributed by atoms with Crippen LogP contribution in [0, 0.1) is 0 Å². The second-order valence-electron chi connectivity index (χ2n) is 8.57. The predicted octanol–water partition coefficient (Wildman–Crippen LogP) is 3.24. The Bertz CT molecular complexity index is 1020. The molecule has 10 heteroatoms. The first-order valence-electron chi connectivity index (χ1n) is 10.9. The molecule has 5 atom stereocenters. The molecule has 2 aromatic rings. The molecule has 0 radical (unpaired) electrons. The molecule has 186 valence electrons. The highest BCUT2D eigenvalue weighted by molar-refractivity contribution is 6.31. The van der Waals surface area contributed by atoms with E-state index in [-0.39, 0.29) is 6.61 Å². The molecule has 1 spiro atoms. The van der Waals surface area contributed by atoms with Crippen LogP contribution in [0.4, 0.5) is 13.2 Å². The van der Waals surface area contributed by atoms with Crippen LogP contribution in [0.25, 0.3) is 0 Å². The van der Waals surface area contributed by atoms with Gasteiger partial charge < -0.3 is 29.5 Å². The quantitative estimate of drug-likeness (QED) is 0.562. The Morgan fingerprint density at radius 2 is 1.74 bits per heavy atom. The summed E-state index contributed by atoms with van der Waals surface area (Å²) in [6.07, 6.45) is -9.65. The fraction of sp³-hybridized carbons (Fsp3) is 0.500. The van der Waals surface area contributed by atoms with Gasteiger partial charge in [-0.1, -0.05) is 48.9 Å². The summed E-state index contributed by atoms with van der Waals surface area (Å²) in [5.74, 6) is -1.88. The van der Waals surface area contributed by atoms with Crippen LogP contribution in [0.15, 0.2) is 36.4 Å². The van der Waals surface area contributed by atoms with Gasteiger partial charge in [-0.25, -0.2) is 0 Å². The van der Waals surface area contributed by atoms with Gasteiger partial charge in [-0.2, -0.15) is 13.2 Å². The van der Waals surface area contributed by atoms with E-state index in [9.17, 15) is 28.5 Å². The van der Waals surface area contributed by atoms with Gasteiger partial charge in [0, 0.05) is 10.6 Å². The van der Waals surface area contributed by atoms with Gasteiger partial charge in [-0.3, -0.25) is 0 Å². The molecular formula is C24H26ClF3O6. The van der Waals surface area contributed by atoms with Gasteiger partial charge in [-0.15, -0.1) is 0 Å². The molecule has 2 aliphatic heterocycles. The van der Waals surface area contributed by atoms with Crippen molar-refractivity contribution in [2.45, 2.75) is 62.8 Å². The molecule has 1 fully saturated rings. The number of alkyl halides is 3. The van der Waals surface area contributed by atoms with Crippen molar-refractivity contribution in [1.29, 1.82) is 0 Å². The predicted molar refractivity (Wildman–Crippen MR) is 116 cm³/mol. The highest BCUT2D eigenvalue weighted by atomic mass is 35.5. The van der Waals surface area contributed by atoms with Crippen LogP contribution in [-0.4, -0.2) is 59.1 Å². The normalized spacial score (nSPS) is 28.9. The summed E-state index contributed by atoms with van der Waals surface area (Å²) in [6.45, 7) is -0.141. The Kier molecular flexibility index (Phi) is 7.26. The monoisotopic (exact) mass is 502 g/mol. The first-order valence-corrected chi connectivity index (χ1v) is 11.3. The van der Waals surface area contributed by atoms with E-state index in [1.807, 2.05) is 24.3 Å². The number of rotatable bonds is 6. The minimum atomic E-state index is -4.56. The summed E-state index contributed by atoms with van der Waals surface area (Å²) in [6, 6.07) is 11.3. The number of aliphatic hydroxyl groups excluding tert-OH is 3. The van der Waals surface area contributed by atoms with Crippen molar-refractivity contribution >= 4 is 11.6 Å². The largest absolute Gasteiger partial charge is 0.411 e. The maximum atomic E-state index is 12.5. The van der Waals surface area contributed by atoms with Crippen LogP contribution in [0.5, 0.6) is 0 Å². The van der Waals surface area contributed by atoms with E-state index in [2.05, 4.69) is 11.7 Å². The van der Waals surface area contributed by atoms with E-state index in [4.69, 9.17) is 21.1 Å². The number of ether oxygens (including phenoxy) is 3. The minimum Gasteiger partial charge on any atom is -0.387 e. The van der Waals surface area contributed by atoms with Crippen molar-refractivity contribution in [3.63, 3.8) is 0 Å². The van der Waals surface area contributed by atoms with Crippen molar-refractivity contribution in [3.05, 3.63) is 69.2 Å². The zero-order chi connectivity index (χ0) is 24.7. The smallest absolute Gasteiger partial charge is 0.387 e. The van der Waals surface area contributed by atoms with Crippen LogP contribution in [0.1, 0.15) is 34.7 Å². The van der Waals surface area contributed by atoms with Crippen LogP contribution >= 0.6 is 11.6 Å². The van der Waals surface area contributed by atoms with Crippen LogP contribution in [0.3, 0.4) is 0 Å². The van der Waals surface area contributed by atoms with Crippen molar-refractivity contribution in [2.75, 3.05) is 13.2 Å². The molecule has 6 nitrogen and oxygen atoms in total. The van der Waals surface area contributed by atoms with Gasteiger partial charge in [-0.05, 0) is 41.2 Å². The Hall–Kier alpha value is -1.72. The fourth-order valence-electron chi connectivity index (χ4n) is 4.46. The molecule has 2 aliphatic rings. The first kappa shape index (κ1) is 25.4. The van der Waals surface area contributed by atoms with Gasteiger partial charge in [0.05, 0.1) is 13.2 Å². The van der Waals surface area contributed by atoms with E-state index < -0.39 is 49.6 Å². The molecule has 0 bridgehead atoms. The van der Waals surface area contributed by atoms with Crippen LogP contribution in [0.2, 0.25) is 5.02 Å². The standard InChI is InChI=1S/C24H26ClF3O6/c1-2-13-3-5-14(6-4-13)9-15-16-10-33-24(17(16)7-8-18(15)25)22(31)21(30)20(29)19(34-24)11-32-12-23(26,27)28/h3-8,19-22,29-31H,2,9-12H2,1H3/t19-,20-,21+,22-,24+/m1/s1. The number of hydrogen-bond donors (Lipinski definition) is 3. The number of benzene rings is 2. The SMILES string of the molecule is CCc1ccc(Cc2c(Cl)ccc3c2CO[C@]32O[C@H](COCC(F)(F)F)[C@@H](O)[C@H](O)[C@H]2O)cc1. The summed E-state index contributed by atoms with van der Waals surface area (Å²) in [7, 11) is 0. The maximum Gasteiger partial charge on any atom is 0.411 e. The number of hydrogen-bond acceptors (Lipinski definition) is 6. The lowest BCUT2D eigenvalue weighted by Gasteiger charge is -2.46. The summed E-state index contributed by atoms with van der Waals surface area (Å²) in [5.41, 5.74) is 4.01. The van der Waals surface area contributed by atoms with E-state index >= 15 is 0 Å². The zero-order valence-corrected chi connectivity index (χ0v) is 19.1. The third-order valence-corrected chi connectivity index (χ3v) is 6.66. The molecule has 3 N–H and O–H groups in total. The molecule has 1 saturated heterocycles. The lowest BCUT2D eigenvalue weighted by atomic mass is 9.86. The summed E-state index contributed by atoms with van der Waals surface area (Å²) >= 11 is 6.50. The average Bonchev–Trinajstić information content (AvgIpc) is 3.16. The summed E-state index contributed by atoms with van der Waals surface area (Å²) in [4.78, 5) is 0. The molecule has 34 heavy (non-hydrogen) atoms. The highest BCUT2D eigenvalue weighted by Gasteiger charge is 2.58. The Labute approximate surface area is 199 Å². The van der Waals surface area contributed by atoms with Gasteiger partial charge in [0.25, 0.3) is 0 Å². The second kappa shape index (κ2) is 9.73. The molecule has 0 unspecified atom stereocenters. The van der Waals surface area contributed by atoms with Crippen LogP contribution < -0.4 is 0 Å². The lowest BCUT2D eigenvalue weighted by molar-refractivity contribution is -0.370. The third kappa shape index (κ3) is 4.83. The molecule has 2 heterocycles. The second-order valence-corrected chi connectivity index (χ2v) is 8.97. The van der Waals surface area contributed by atoms with E-state index in [1.165, 1.54) is 5.56 Å². The van der Waals surface area contributed by atoms with Gasteiger partial charge in [0.15, 0.2) is 0 Å². The molecular weight excluding hydrogens is 477 g/mol. The number of aliphatic hydroxyl groups is 3. The zero-order valence-electron chi connectivity index (χ0n) is 18.4. The topological polar surface area (TPSA) is 88.4 Å². The Balaban J connectivity index is 1.63. The fourth-order valence-corrected chi connectivity index (χ4v) is 4.71. The van der Waals surface area contributed by atoms with Gasteiger partial charge >= 0.3 is 6.18 Å². The average molecular weight is 503 g/mol. The van der Waals surface area contributed by atoms with E-state index in [0.29, 0.717) is 22.6 Å². The Morgan fingerprint density at radius 1 is 1.06 bits per heavy atom. The van der Waals surface area contributed by atoms with Gasteiger partial charge in [0.1, 0.15) is 31.0 Å². The number of fused-ring (bicyclic) bond motifs is 2.